The molecule has 4 aromatic carbocycles. The van der Waals surface area contributed by atoms with Gasteiger partial charge in [-0.2, -0.15) is 0 Å². The summed E-state index contributed by atoms with van der Waals surface area (Å²) in [6, 6.07) is 22.7. The van der Waals surface area contributed by atoms with Crippen molar-refractivity contribution >= 4 is 38.9 Å². The molecule has 0 amide bonds. The van der Waals surface area contributed by atoms with E-state index in [1.807, 2.05) is 60.7 Å². The third-order valence-electron chi connectivity index (χ3n) is 7.04. The number of aliphatic hydroxyl groups excluding tert-OH is 1. The molecule has 2 atom stereocenters. The molecular formula is C33H22O4. The topological polar surface area (TPSA) is 71.4 Å². The molecule has 0 saturated heterocycles. The van der Waals surface area contributed by atoms with Crippen molar-refractivity contribution in [1.82, 2.24) is 0 Å². The quantitative estimate of drug-likeness (QED) is 0.204. The van der Waals surface area contributed by atoms with E-state index in [9.17, 15) is 19.5 Å². The van der Waals surface area contributed by atoms with Gasteiger partial charge in [-0.25, -0.2) is 0 Å². The first kappa shape index (κ1) is 22.8. The first-order valence-electron chi connectivity index (χ1n) is 12.1. The van der Waals surface area contributed by atoms with E-state index in [0.717, 1.165) is 21.5 Å². The van der Waals surface area contributed by atoms with Crippen LogP contribution in [0.3, 0.4) is 0 Å². The van der Waals surface area contributed by atoms with Gasteiger partial charge in [-0.1, -0.05) is 85.0 Å². The van der Waals surface area contributed by atoms with Crippen LogP contribution in [0.25, 0.3) is 21.5 Å². The van der Waals surface area contributed by atoms with E-state index < -0.39 is 12.0 Å². The predicted octanol–water partition coefficient (Wildman–Crippen LogP) is 6.51. The smallest absolute Gasteiger partial charge is 0.197 e. The van der Waals surface area contributed by atoms with Gasteiger partial charge in [-0.15, -0.1) is 0 Å². The van der Waals surface area contributed by atoms with Crippen LogP contribution in [-0.4, -0.2) is 22.5 Å². The van der Waals surface area contributed by atoms with Gasteiger partial charge in [0, 0.05) is 16.7 Å². The molecule has 2 unspecified atom stereocenters. The van der Waals surface area contributed by atoms with E-state index in [-0.39, 0.29) is 22.9 Å². The van der Waals surface area contributed by atoms with Gasteiger partial charge in [0.1, 0.15) is 0 Å². The van der Waals surface area contributed by atoms with Crippen LogP contribution < -0.4 is 0 Å². The highest BCUT2D eigenvalue weighted by Crippen LogP contribution is 2.39. The van der Waals surface area contributed by atoms with E-state index >= 15 is 0 Å². The van der Waals surface area contributed by atoms with Crippen molar-refractivity contribution in [2.75, 3.05) is 0 Å². The molecule has 0 saturated carbocycles. The minimum absolute atomic E-state index is 0.0938. The Morgan fingerprint density at radius 3 is 1.68 bits per heavy atom. The van der Waals surface area contributed by atoms with Gasteiger partial charge in [0.05, 0.1) is 17.6 Å². The Morgan fingerprint density at radius 1 is 0.595 bits per heavy atom. The molecule has 0 fully saturated rings. The minimum Gasteiger partial charge on any atom is -0.387 e. The fourth-order valence-corrected chi connectivity index (χ4v) is 5.11. The van der Waals surface area contributed by atoms with Crippen LogP contribution in [0.5, 0.6) is 0 Å². The molecule has 4 heteroatoms. The summed E-state index contributed by atoms with van der Waals surface area (Å²) in [6.45, 7) is 0. The normalized spacial score (nSPS) is 19.3. The minimum atomic E-state index is -0.880. The van der Waals surface area contributed by atoms with Crippen molar-refractivity contribution in [3.05, 3.63) is 143 Å². The summed E-state index contributed by atoms with van der Waals surface area (Å²) in [7, 11) is 0. The van der Waals surface area contributed by atoms with Gasteiger partial charge in [0.25, 0.3) is 0 Å². The third-order valence-corrected chi connectivity index (χ3v) is 7.04. The summed E-state index contributed by atoms with van der Waals surface area (Å²) >= 11 is 0. The molecule has 0 aliphatic heterocycles. The monoisotopic (exact) mass is 482 g/mol. The van der Waals surface area contributed by atoms with Gasteiger partial charge < -0.3 is 5.11 Å². The molecule has 4 nitrogen and oxygen atoms in total. The van der Waals surface area contributed by atoms with Crippen molar-refractivity contribution in [2.45, 2.75) is 6.10 Å². The van der Waals surface area contributed by atoms with Gasteiger partial charge in [0.2, 0.25) is 0 Å². The highest BCUT2D eigenvalue weighted by Gasteiger charge is 2.37. The molecule has 37 heavy (non-hydrogen) atoms. The molecule has 0 radical (unpaired) electrons. The zero-order chi connectivity index (χ0) is 25.5. The molecule has 178 valence electrons. The fraction of sp³-hybridized carbons (Fsp3) is 0.0606. The first-order chi connectivity index (χ1) is 18.0. The van der Waals surface area contributed by atoms with E-state index in [0.29, 0.717) is 22.3 Å². The highest BCUT2D eigenvalue weighted by molar-refractivity contribution is 6.40. The SMILES string of the molecule is O=C1C(=C/C=C/C=C/C=C/C2C(=O)c3cc4ccccc4cc3C2O)C(=O)c2cc3ccccc3cc21. The maximum absolute atomic E-state index is 12.9. The van der Waals surface area contributed by atoms with Crippen LogP contribution in [0.4, 0.5) is 0 Å². The Morgan fingerprint density at radius 2 is 1.08 bits per heavy atom. The lowest BCUT2D eigenvalue weighted by atomic mass is 10.0. The van der Waals surface area contributed by atoms with E-state index in [1.54, 1.807) is 48.6 Å². The summed E-state index contributed by atoms with van der Waals surface area (Å²) in [6.07, 6.45) is 10.9. The van der Waals surface area contributed by atoms with Crippen molar-refractivity contribution in [3.8, 4) is 0 Å². The van der Waals surface area contributed by atoms with Crippen LogP contribution >= 0.6 is 0 Å². The molecule has 4 aromatic rings. The molecular weight excluding hydrogens is 460 g/mol. The molecule has 2 aliphatic carbocycles. The Labute approximate surface area is 213 Å². The molecule has 0 heterocycles. The van der Waals surface area contributed by atoms with Gasteiger partial charge in [-0.05, 0) is 57.4 Å². The largest absolute Gasteiger partial charge is 0.387 e. The fourth-order valence-electron chi connectivity index (χ4n) is 5.11. The van der Waals surface area contributed by atoms with Crippen LogP contribution in [0.15, 0.2) is 121 Å². The lowest BCUT2D eigenvalue weighted by Crippen LogP contribution is -2.10. The third kappa shape index (κ3) is 3.88. The standard InChI is InChI=1S/C33H22O4/c34-30-24(31(35)27-17-21-11-7-6-10-20(21)16-26(27)30)14-4-2-1-3-5-15-25-32(36)28-18-22-12-8-9-13-23(22)19-29(28)33(25)37/h1-19,24,30,34H/b2-1+,5-3+,14-4+. The number of hydrogen-bond donors (Lipinski definition) is 1. The number of aliphatic hydroxyl groups is 1. The number of carbonyl (C=O) groups is 3. The van der Waals surface area contributed by atoms with E-state index in [1.165, 1.54) is 6.08 Å². The maximum atomic E-state index is 12.9. The predicted molar refractivity (Wildman–Crippen MR) is 145 cm³/mol. The van der Waals surface area contributed by atoms with Crippen LogP contribution in [0.2, 0.25) is 0 Å². The summed E-state index contributed by atoms with van der Waals surface area (Å²) in [5, 5.41) is 14.6. The van der Waals surface area contributed by atoms with Crippen molar-refractivity contribution in [1.29, 1.82) is 0 Å². The molecule has 0 bridgehead atoms. The van der Waals surface area contributed by atoms with Gasteiger partial charge in [-0.3, -0.25) is 14.4 Å². The summed E-state index contributed by atoms with van der Waals surface area (Å²) in [5.74, 6) is -1.26. The second kappa shape index (κ2) is 9.08. The summed E-state index contributed by atoms with van der Waals surface area (Å²) in [4.78, 5) is 38.5. The Balaban J connectivity index is 1.14. The van der Waals surface area contributed by atoms with Crippen molar-refractivity contribution in [3.63, 3.8) is 0 Å². The molecule has 2 aliphatic rings. The number of Topliss-reactive ketones (excluding diaryl/α,β-unsaturated/α-hetero) is 3. The van der Waals surface area contributed by atoms with Crippen LogP contribution in [0.1, 0.15) is 42.7 Å². The van der Waals surface area contributed by atoms with Crippen molar-refractivity contribution in [2.24, 2.45) is 5.92 Å². The number of carbonyl (C=O) groups excluding carboxylic acids is 3. The second-order valence-corrected chi connectivity index (χ2v) is 9.26. The highest BCUT2D eigenvalue weighted by atomic mass is 16.3. The zero-order valence-electron chi connectivity index (χ0n) is 19.8. The number of fused-ring (bicyclic) bond motifs is 4. The molecule has 0 aromatic heterocycles. The first-order valence-corrected chi connectivity index (χ1v) is 12.1. The summed E-state index contributed by atoms with van der Waals surface area (Å²) in [5.41, 5.74) is 2.26. The van der Waals surface area contributed by atoms with E-state index in [4.69, 9.17) is 0 Å². The lowest BCUT2D eigenvalue weighted by Gasteiger charge is -2.08. The average Bonchev–Trinajstić information content (AvgIpc) is 3.29. The Hall–Kier alpha value is -4.67. The Kier molecular flexibility index (Phi) is 5.59. The van der Waals surface area contributed by atoms with E-state index in [2.05, 4.69) is 0 Å². The number of allylic oxidation sites excluding steroid dienone is 7. The molecule has 0 spiro atoms. The number of rotatable bonds is 4. The number of ketones is 3. The second-order valence-electron chi connectivity index (χ2n) is 9.26. The van der Waals surface area contributed by atoms with Crippen molar-refractivity contribution < 1.29 is 19.5 Å². The van der Waals surface area contributed by atoms with Crippen LogP contribution in [-0.2, 0) is 0 Å². The maximum Gasteiger partial charge on any atom is 0.197 e. The Bertz CT molecular complexity index is 1690. The average molecular weight is 483 g/mol. The van der Waals surface area contributed by atoms with Gasteiger partial charge >= 0.3 is 0 Å². The summed E-state index contributed by atoms with van der Waals surface area (Å²) < 4.78 is 0. The molecule has 1 N–H and O–H groups in total. The number of benzene rings is 4. The lowest BCUT2D eigenvalue weighted by molar-refractivity contribution is 0.0833. The van der Waals surface area contributed by atoms with Crippen LogP contribution in [0, 0.1) is 5.92 Å². The number of hydrogen-bond acceptors (Lipinski definition) is 4. The zero-order valence-corrected chi connectivity index (χ0v) is 19.8. The molecule has 6 rings (SSSR count). The van der Waals surface area contributed by atoms with Gasteiger partial charge in [0.15, 0.2) is 17.3 Å².